The molecule has 0 aliphatic heterocycles. The number of anilines is 1. The van der Waals surface area contributed by atoms with Crippen LogP contribution in [0.25, 0.3) is 5.82 Å². The highest BCUT2D eigenvalue weighted by molar-refractivity contribution is 6.08. The van der Waals surface area contributed by atoms with E-state index in [0.717, 1.165) is 5.69 Å². The van der Waals surface area contributed by atoms with Gasteiger partial charge in [0.25, 0.3) is 5.91 Å². The van der Waals surface area contributed by atoms with E-state index >= 15 is 0 Å². The molecule has 3 aromatic rings. The average molecular weight is 350 g/mol. The van der Waals surface area contributed by atoms with Crippen LogP contribution in [0.3, 0.4) is 0 Å². The van der Waals surface area contributed by atoms with Crippen molar-refractivity contribution in [1.82, 2.24) is 14.8 Å². The van der Waals surface area contributed by atoms with Gasteiger partial charge in [-0.25, -0.2) is 14.5 Å². The number of para-hydroxylation sites is 1. The number of benzene rings is 1. The van der Waals surface area contributed by atoms with Crippen LogP contribution in [0.2, 0.25) is 0 Å². The Balaban J connectivity index is 1.93. The number of hydrogen-bond donors (Lipinski definition) is 1. The van der Waals surface area contributed by atoms with Crippen LogP contribution in [-0.2, 0) is 11.2 Å². The third kappa shape index (κ3) is 3.32. The molecule has 0 aliphatic rings. The number of esters is 1. The first-order valence-corrected chi connectivity index (χ1v) is 8.12. The predicted molar refractivity (Wildman–Crippen MR) is 96.5 cm³/mol. The van der Waals surface area contributed by atoms with E-state index in [1.807, 2.05) is 25.1 Å². The van der Waals surface area contributed by atoms with Crippen molar-refractivity contribution in [3.63, 3.8) is 0 Å². The van der Waals surface area contributed by atoms with E-state index in [0.29, 0.717) is 29.1 Å². The molecular formula is C19H18N4O3. The highest BCUT2D eigenvalue weighted by Gasteiger charge is 2.20. The van der Waals surface area contributed by atoms with E-state index in [4.69, 9.17) is 4.74 Å². The summed E-state index contributed by atoms with van der Waals surface area (Å²) in [6.07, 6.45) is 3.77. The second-order valence-electron chi connectivity index (χ2n) is 5.45. The van der Waals surface area contributed by atoms with Gasteiger partial charge >= 0.3 is 5.97 Å². The van der Waals surface area contributed by atoms with Gasteiger partial charge in [-0.3, -0.25) is 4.79 Å². The van der Waals surface area contributed by atoms with Crippen molar-refractivity contribution in [3.8, 4) is 5.82 Å². The summed E-state index contributed by atoms with van der Waals surface area (Å²) >= 11 is 0. The van der Waals surface area contributed by atoms with E-state index in [9.17, 15) is 9.59 Å². The molecule has 132 valence electrons. The molecule has 1 aromatic carbocycles. The van der Waals surface area contributed by atoms with Gasteiger partial charge in [-0.15, -0.1) is 0 Å². The van der Waals surface area contributed by atoms with Crippen LogP contribution in [0.15, 0.2) is 54.9 Å². The van der Waals surface area contributed by atoms with Crippen LogP contribution in [0, 0.1) is 0 Å². The SMILES string of the molecule is CCc1c(C(=O)Nc2ccccc2C(=O)OC)cnn1-c1ccccn1. The van der Waals surface area contributed by atoms with Crippen molar-refractivity contribution < 1.29 is 14.3 Å². The van der Waals surface area contributed by atoms with E-state index in [2.05, 4.69) is 15.4 Å². The van der Waals surface area contributed by atoms with Gasteiger partial charge in [0.1, 0.15) is 0 Å². The van der Waals surface area contributed by atoms with Gasteiger partial charge in [0.2, 0.25) is 0 Å². The van der Waals surface area contributed by atoms with Gasteiger partial charge in [0.05, 0.1) is 35.8 Å². The summed E-state index contributed by atoms with van der Waals surface area (Å²) in [5.41, 5.74) is 1.84. The number of ether oxygens (including phenoxy) is 1. The lowest BCUT2D eigenvalue weighted by Crippen LogP contribution is -2.17. The fourth-order valence-corrected chi connectivity index (χ4v) is 2.65. The van der Waals surface area contributed by atoms with E-state index in [-0.39, 0.29) is 5.91 Å². The maximum atomic E-state index is 12.8. The maximum absolute atomic E-state index is 12.8. The largest absolute Gasteiger partial charge is 0.465 e. The number of methoxy groups -OCH3 is 1. The van der Waals surface area contributed by atoms with Gasteiger partial charge in [0.15, 0.2) is 5.82 Å². The molecular weight excluding hydrogens is 332 g/mol. The summed E-state index contributed by atoms with van der Waals surface area (Å²) in [7, 11) is 1.30. The Morgan fingerprint density at radius 1 is 1.12 bits per heavy atom. The molecule has 0 saturated heterocycles. The highest BCUT2D eigenvalue weighted by atomic mass is 16.5. The molecule has 0 saturated carbocycles. The first-order chi connectivity index (χ1) is 12.7. The van der Waals surface area contributed by atoms with Crippen LogP contribution in [0.4, 0.5) is 5.69 Å². The zero-order valence-electron chi connectivity index (χ0n) is 14.5. The van der Waals surface area contributed by atoms with E-state index in [1.54, 1.807) is 35.1 Å². The van der Waals surface area contributed by atoms with Gasteiger partial charge in [-0.2, -0.15) is 5.10 Å². The number of rotatable bonds is 5. The number of carbonyl (C=O) groups is 2. The third-order valence-electron chi connectivity index (χ3n) is 3.90. The Morgan fingerprint density at radius 3 is 2.58 bits per heavy atom. The molecule has 3 rings (SSSR count). The second-order valence-corrected chi connectivity index (χ2v) is 5.45. The topological polar surface area (TPSA) is 86.1 Å². The van der Waals surface area contributed by atoms with Crippen LogP contribution in [-0.4, -0.2) is 33.8 Å². The lowest BCUT2D eigenvalue weighted by atomic mass is 10.1. The maximum Gasteiger partial charge on any atom is 0.339 e. The summed E-state index contributed by atoms with van der Waals surface area (Å²) in [6, 6.07) is 12.2. The molecule has 0 bridgehead atoms. The summed E-state index contributed by atoms with van der Waals surface area (Å²) in [5, 5.41) is 7.06. The molecule has 26 heavy (non-hydrogen) atoms. The minimum atomic E-state index is -0.513. The molecule has 0 spiro atoms. The monoisotopic (exact) mass is 350 g/mol. The molecule has 0 radical (unpaired) electrons. The first kappa shape index (κ1) is 17.3. The van der Waals surface area contributed by atoms with Crippen molar-refractivity contribution in [2.75, 3.05) is 12.4 Å². The van der Waals surface area contributed by atoms with E-state index < -0.39 is 5.97 Å². The lowest BCUT2D eigenvalue weighted by Gasteiger charge is -2.10. The Labute approximate surface area is 150 Å². The van der Waals surface area contributed by atoms with Crippen molar-refractivity contribution in [2.45, 2.75) is 13.3 Å². The molecule has 7 nitrogen and oxygen atoms in total. The molecule has 2 aromatic heterocycles. The quantitative estimate of drug-likeness (QED) is 0.715. The number of aromatic nitrogens is 3. The molecule has 1 N–H and O–H groups in total. The highest BCUT2D eigenvalue weighted by Crippen LogP contribution is 2.19. The number of hydrogen-bond acceptors (Lipinski definition) is 5. The smallest absolute Gasteiger partial charge is 0.339 e. The van der Waals surface area contributed by atoms with Crippen molar-refractivity contribution in [3.05, 3.63) is 71.7 Å². The normalized spacial score (nSPS) is 10.4. The number of nitrogens with one attached hydrogen (secondary N) is 1. The molecule has 0 unspecified atom stereocenters. The summed E-state index contributed by atoms with van der Waals surface area (Å²) < 4.78 is 6.40. The molecule has 1 amide bonds. The minimum absolute atomic E-state index is 0.290. The average Bonchev–Trinajstić information content (AvgIpc) is 3.12. The van der Waals surface area contributed by atoms with Crippen LogP contribution >= 0.6 is 0 Å². The number of nitrogens with zero attached hydrogens (tertiary/aromatic N) is 3. The van der Waals surface area contributed by atoms with E-state index in [1.165, 1.54) is 13.3 Å². The summed E-state index contributed by atoms with van der Waals surface area (Å²) in [6.45, 7) is 1.94. The number of carbonyl (C=O) groups excluding carboxylic acids is 2. The third-order valence-corrected chi connectivity index (χ3v) is 3.90. The summed E-state index contributed by atoms with van der Waals surface area (Å²) in [4.78, 5) is 28.9. The molecule has 7 heteroatoms. The summed E-state index contributed by atoms with van der Waals surface area (Å²) in [5.74, 6) is -0.223. The fraction of sp³-hybridized carbons (Fsp3) is 0.158. The van der Waals surface area contributed by atoms with Crippen LogP contribution < -0.4 is 5.32 Å². The van der Waals surface area contributed by atoms with Gasteiger partial charge in [-0.05, 0) is 30.7 Å². The minimum Gasteiger partial charge on any atom is -0.465 e. The Morgan fingerprint density at radius 2 is 1.88 bits per heavy atom. The van der Waals surface area contributed by atoms with Gasteiger partial charge in [-0.1, -0.05) is 25.1 Å². The Hall–Kier alpha value is -3.48. The number of pyridine rings is 1. The van der Waals surface area contributed by atoms with Crippen LogP contribution in [0.1, 0.15) is 33.3 Å². The predicted octanol–water partition coefficient (Wildman–Crippen LogP) is 2.87. The van der Waals surface area contributed by atoms with Crippen molar-refractivity contribution >= 4 is 17.6 Å². The molecule has 0 aliphatic carbocycles. The van der Waals surface area contributed by atoms with Gasteiger partial charge < -0.3 is 10.1 Å². The zero-order valence-corrected chi connectivity index (χ0v) is 14.5. The zero-order chi connectivity index (χ0) is 18.5. The molecule has 0 fully saturated rings. The molecule has 2 heterocycles. The second kappa shape index (κ2) is 7.60. The van der Waals surface area contributed by atoms with Crippen LogP contribution in [0.5, 0.6) is 0 Å². The first-order valence-electron chi connectivity index (χ1n) is 8.12. The molecule has 0 atom stereocenters. The van der Waals surface area contributed by atoms with Crippen molar-refractivity contribution in [2.24, 2.45) is 0 Å². The van der Waals surface area contributed by atoms with Crippen molar-refractivity contribution in [1.29, 1.82) is 0 Å². The fourth-order valence-electron chi connectivity index (χ4n) is 2.65. The lowest BCUT2D eigenvalue weighted by molar-refractivity contribution is 0.0602. The van der Waals surface area contributed by atoms with Gasteiger partial charge in [0, 0.05) is 6.20 Å². The standard InChI is InChI=1S/C19H18N4O3/c1-3-16-14(12-21-23(16)17-10-6-7-11-20-17)18(24)22-15-9-5-4-8-13(15)19(25)26-2/h4-12H,3H2,1-2H3,(H,22,24). The number of amides is 1. The Kier molecular flexibility index (Phi) is 5.07. The Bertz CT molecular complexity index is 935.